The van der Waals surface area contributed by atoms with E-state index in [0.717, 1.165) is 25.7 Å². The van der Waals surface area contributed by atoms with E-state index < -0.39 is 7.82 Å². The molecule has 0 aliphatic heterocycles. The molecule has 0 aliphatic rings. The van der Waals surface area contributed by atoms with Gasteiger partial charge in [-0.1, -0.05) is 26.2 Å². The molecular formula is C12H30NO7P. The first-order valence-corrected chi connectivity index (χ1v) is 8.69. The molecule has 0 aliphatic carbocycles. The molecule has 0 atom stereocenters. The van der Waals surface area contributed by atoms with Crippen molar-refractivity contribution in [3.8, 4) is 0 Å². The summed E-state index contributed by atoms with van der Waals surface area (Å²) in [5, 5.41) is 25.5. The van der Waals surface area contributed by atoms with Crippen LogP contribution >= 0.6 is 7.82 Å². The Morgan fingerprint density at radius 1 is 0.905 bits per heavy atom. The van der Waals surface area contributed by atoms with Crippen molar-refractivity contribution in [1.29, 1.82) is 0 Å². The lowest BCUT2D eigenvalue weighted by molar-refractivity contribution is 0.136. The highest BCUT2D eigenvalue weighted by Gasteiger charge is 2.11. The molecule has 21 heavy (non-hydrogen) atoms. The summed E-state index contributed by atoms with van der Waals surface area (Å²) in [5.74, 6) is 0. The van der Waals surface area contributed by atoms with Crippen LogP contribution in [0.15, 0.2) is 0 Å². The van der Waals surface area contributed by atoms with Gasteiger partial charge in [0, 0.05) is 19.6 Å². The van der Waals surface area contributed by atoms with Crippen molar-refractivity contribution in [2.75, 3.05) is 46.1 Å². The molecule has 8 nitrogen and oxygen atoms in total. The fourth-order valence-corrected chi connectivity index (χ4v) is 1.84. The van der Waals surface area contributed by atoms with Crippen LogP contribution in [0.5, 0.6) is 0 Å². The Morgan fingerprint density at radius 3 is 1.71 bits per heavy atom. The molecule has 0 aromatic heterocycles. The normalized spacial score (nSPS) is 11.4. The van der Waals surface area contributed by atoms with Gasteiger partial charge in [-0.25, -0.2) is 4.57 Å². The molecular weight excluding hydrogens is 301 g/mol. The molecule has 0 fully saturated rings. The van der Waals surface area contributed by atoms with E-state index in [9.17, 15) is 4.57 Å². The zero-order valence-corrected chi connectivity index (χ0v) is 13.6. The summed E-state index contributed by atoms with van der Waals surface area (Å²) in [6, 6.07) is 0. The van der Waals surface area contributed by atoms with Crippen LogP contribution in [-0.2, 0) is 9.09 Å². The molecule has 0 bridgehead atoms. The van der Waals surface area contributed by atoms with Gasteiger partial charge < -0.3 is 25.1 Å². The van der Waals surface area contributed by atoms with E-state index >= 15 is 0 Å². The van der Waals surface area contributed by atoms with Crippen LogP contribution in [0.1, 0.15) is 32.6 Å². The first-order valence-electron chi connectivity index (χ1n) is 7.16. The monoisotopic (exact) mass is 331 g/mol. The molecule has 0 radical (unpaired) electrons. The highest BCUT2D eigenvalue weighted by molar-refractivity contribution is 7.46. The molecule has 0 heterocycles. The summed E-state index contributed by atoms with van der Waals surface area (Å²) in [4.78, 5) is 18.3. The summed E-state index contributed by atoms with van der Waals surface area (Å²) in [6.07, 6.45) is 3.88. The van der Waals surface area contributed by atoms with Crippen LogP contribution in [0.2, 0.25) is 0 Å². The summed E-state index contributed by atoms with van der Waals surface area (Å²) in [7, 11) is -4.21. The number of rotatable bonds is 12. The van der Waals surface area contributed by atoms with E-state index in [1.54, 1.807) is 4.90 Å². The van der Waals surface area contributed by atoms with Gasteiger partial charge in [-0.2, -0.15) is 0 Å². The molecule has 0 aromatic carbocycles. The molecule has 0 aromatic rings. The number of phosphoric ester groups is 1. The SMILES string of the molecule is CCCCCCOP(=O)(O)O.OCCN(CCO)CCO. The van der Waals surface area contributed by atoms with E-state index in [0.29, 0.717) is 19.6 Å². The maximum atomic E-state index is 10.1. The van der Waals surface area contributed by atoms with E-state index in [4.69, 9.17) is 25.1 Å². The predicted octanol–water partition coefficient (Wildman–Crippen LogP) is -0.0587. The first-order chi connectivity index (χ1) is 9.91. The van der Waals surface area contributed by atoms with Crippen molar-refractivity contribution in [2.45, 2.75) is 32.6 Å². The number of nitrogens with zero attached hydrogens (tertiary/aromatic N) is 1. The standard InChI is InChI=1S/C6H15NO3.C6H15O4P/c8-4-1-7(2-5-9)3-6-10;1-2-3-4-5-6-10-11(7,8)9/h8-10H,1-6H2;2-6H2,1H3,(H2,7,8,9). The quantitative estimate of drug-likeness (QED) is 0.248. The zero-order chi connectivity index (χ0) is 16.6. The van der Waals surface area contributed by atoms with Gasteiger partial charge in [-0.15, -0.1) is 0 Å². The fraction of sp³-hybridized carbons (Fsp3) is 1.00. The maximum absolute atomic E-state index is 10.1. The smallest absolute Gasteiger partial charge is 0.395 e. The Morgan fingerprint density at radius 2 is 1.38 bits per heavy atom. The Labute approximate surface area is 126 Å². The summed E-state index contributed by atoms with van der Waals surface area (Å²) >= 11 is 0. The molecule has 5 N–H and O–H groups in total. The van der Waals surface area contributed by atoms with E-state index in [-0.39, 0.29) is 26.4 Å². The van der Waals surface area contributed by atoms with Gasteiger partial charge in [0.2, 0.25) is 0 Å². The van der Waals surface area contributed by atoms with Gasteiger partial charge in [0.05, 0.1) is 26.4 Å². The molecule has 0 unspecified atom stereocenters. The number of phosphoric acid groups is 1. The molecule has 0 saturated heterocycles. The Kier molecular flexibility index (Phi) is 18.0. The second-order valence-electron chi connectivity index (χ2n) is 4.40. The third kappa shape index (κ3) is 22.4. The first kappa shape index (κ1) is 23.2. The van der Waals surface area contributed by atoms with Crippen LogP contribution in [0.25, 0.3) is 0 Å². The zero-order valence-electron chi connectivity index (χ0n) is 12.7. The lowest BCUT2D eigenvalue weighted by Crippen LogP contribution is -2.32. The third-order valence-electron chi connectivity index (χ3n) is 2.51. The fourth-order valence-electron chi connectivity index (χ4n) is 1.47. The third-order valence-corrected chi connectivity index (χ3v) is 3.02. The molecule has 0 spiro atoms. The van der Waals surface area contributed by atoms with Gasteiger partial charge in [-0.3, -0.25) is 9.42 Å². The molecule has 0 saturated carbocycles. The van der Waals surface area contributed by atoms with Crippen molar-refractivity contribution in [1.82, 2.24) is 4.90 Å². The van der Waals surface area contributed by atoms with Crippen molar-refractivity contribution < 1.29 is 34.2 Å². The van der Waals surface area contributed by atoms with Crippen LogP contribution in [-0.4, -0.2) is 76.1 Å². The average Bonchev–Trinajstić information content (AvgIpc) is 2.39. The highest BCUT2D eigenvalue weighted by atomic mass is 31.2. The average molecular weight is 331 g/mol. The van der Waals surface area contributed by atoms with Crippen LogP contribution in [0, 0.1) is 0 Å². The topological polar surface area (TPSA) is 131 Å². The van der Waals surface area contributed by atoms with Gasteiger partial charge >= 0.3 is 7.82 Å². The maximum Gasteiger partial charge on any atom is 0.469 e. The van der Waals surface area contributed by atoms with E-state index in [1.165, 1.54) is 0 Å². The minimum Gasteiger partial charge on any atom is -0.395 e. The van der Waals surface area contributed by atoms with E-state index in [1.807, 2.05) is 0 Å². The summed E-state index contributed by atoms with van der Waals surface area (Å²) < 4.78 is 14.4. The van der Waals surface area contributed by atoms with Crippen molar-refractivity contribution >= 4 is 7.82 Å². The largest absolute Gasteiger partial charge is 0.469 e. The molecule has 130 valence electrons. The molecule has 0 amide bonds. The van der Waals surface area contributed by atoms with Gasteiger partial charge in [0.15, 0.2) is 0 Å². The van der Waals surface area contributed by atoms with Gasteiger partial charge in [-0.05, 0) is 6.42 Å². The lowest BCUT2D eigenvalue weighted by atomic mass is 10.2. The number of aliphatic hydroxyl groups is 3. The lowest BCUT2D eigenvalue weighted by Gasteiger charge is -2.17. The van der Waals surface area contributed by atoms with Gasteiger partial charge in [0.1, 0.15) is 0 Å². The molecule has 9 heteroatoms. The van der Waals surface area contributed by atoms with Crippen molar-refractivity contribution in [2.24, 2.45) is 0 Å². The minimum atomic E-state index is -4.21. The Balaban J connectivity index is 0. The number of hydrogen-bond acceptors (Lipinski definition) is 6. The number of hydrogen-bond donors (Lipinski definition) is 5. The Hall–Kier alpha value is -0.0500. The van der Waals surface area contributed by atoms with Crippen LogP contribution < -0.4 is 0 Å². The summed E-state index contributed by atoms with van der Waals surface area (Å²) in [5.41, 5.74) is 0. The predicted molar refractivity (Wildman–Crippen MR) is 79.8 cm³/mol. The van der Waals surface area contributed by atoms with Crippen molar-refractivity contribution in [3.63, 3.8) is 0 Å². The second kappa shape index (κ2) is 16.3. The van der Waals surface area contributed by atoms with Crippen LogP contribution in [0.4, 0.5) is 0 Å². The highest BCUT2D eigenvalue weighted by Crippen LogP contribution is 2.35. The molecule has 0 rings (SSSR count). The summed E-state index contributed by atoms with van der Waals surface area (Å²) in [6.45, 7) is 3.98. The van der Waals surface area contributed by atoms with Crippen molar-refractivity contribution in [3.05, 3.63) is 0 Å². The number of aliphatic hydroxyl groups excluding tert-OH is 3. The van der Waals surface area contributed by atoms with E-state index in [2.05, 4.69) is 11.4 Å². The number of unbranched alkanes of at least 4 members (excludes halogenated alkanes) is 3. The second-order valence-corrected chi connectivity index (χ2v) is 5.64. The van der Waals surface area contributed by atoms with Crippen LogP contribution in [0.3, 0.4) is 0 Å². The van der Waals surface area contributed by atoms with Gasteiger partial charge in [0.25, 0.3) is 0 Å². The minimum absolute atomic E-state index is 0.0694. The Bertz CT molecular complexity index is 235.